The summed E-state index contributed by atoms with van der Waals surface area (Å²) in [6.07, 6.45) is 2.30. The molecule has 0 bridgehead atoms. The second-order valence-corrected chi connectivity index (χ2v) is 5.12. The van der Waals surface area contributed by atoms with Crippen LogP contribution >= 0.6 is 0 Å². The van der Waals surface area contributed by atoms with Gasteiger partial charge in [0.05, 0.1) is 5.54 Å². The van der Waals surface area contributed by atoms with Crippen molar-refractivity contribution >= 4 is 23.5 Å². The fraction of sp³-hybridized carbons (Fsp3) is 0.357. The van der Waals surface area contributed by atoms with Crippen molar-refractivity contribution < 1.29 is 19.5 Å². The number of carboxylic acid groups (broad SMARTS) is 1. The molecule has 112 valence electrons. The van der Waals surface area contributed by atoms with Gasteiger partial charge in [0.1, 0.15) is 6.54 Å². The molecular formula is C14H17N3O4. The molecule has 0 atom stereocenters. The highest BCUT2D eigenvalue weighted by Crippen LogP contribution is 2.30. The van der Waals surface area contributed by atoms with Crippen LogP contribution in [0.15, 0.2) is 24.3 Å². The third-order valence-corrected chi connectivity index (χ3v) is 3.50. The van der Waals surface area contributed by atoms with Crippen molar-refractivity contribution in [3.8, 4) is 0 Å². The molecule has 1 saturated carbocycles. The standard InChI is InChI=1S/C14H17N3O4/c15-14(6-1-7-14)13(21)17-10-4-2-9(3-5-10)12(20)16-8-11(18)19/h2-5H,1,6-8,15H2,(H,16,20)(H,17,21)(H,18,19). The summed E-state index contributed by atoms with van der Waals surface area (Å²) in [6, 6.07) is 6.18. The Hall–Kier alpha value is -2.41. The minimum atomic E-state index is -1.11. The van der Waals surface area contributed by atoms with E-state index in [1.165, 1.54) is 12.1 Å². The lowest BCUT2D eigenvalue weighted by Gasteiger charge is -2.36. The molecule has 1 aliphatic carbocycles. The maximum Gasteiger partial charge on any atom is 0.322 e. The van der Waals surface area contributed by atoms with Crippen molar-refractivity contribution in [2.75, 3.05) is 11.9 Å². The Kier molecular flexibility index (Phi) is 4.23. The molecule has 0 aromatic heterocycles. The van der Waals surface area contributed by atoms with Crippen LogP contribution in [0.2, 0.25) is 0 Å². The van der Waals surface area contributed by atoms with Crippen LogP contribution in [-0.2, 0) is 9.59 Å². The highest BCUT2D eigenvalue weighted by Gasteiger charge is 2.40. The number of nitrogens with one attached hydrogen (secondary N) is 2. The first-order valence-electron chi connectivity index (χ1n) is 6.61. The van der Waals surface area contributed by atoms with Gasteiger partial charge in [-0.1, -0.05) is 0 Å². The minimum absolute atomic E-state index is 0.225. The number of aliphatic carboxylic acids is 1. The van der Waals surface area contributed by atoms with Crippen LogP contribution in [0.1, 0.15) is 29.6 Å². The molecule has 0 saturated heterocycles. The number of amides is 2. The zero-order chi connectivity index (χ0) is 15.5. The summed E-state index contributed by atoms with van der Waals surface area (Å²) in [4.78, 5) is 33.9. The Labute approximate surface area is 121 Å². The van der Waals surface area contributed by atoms with E-state index in [1.54, 1.807) is 12.1 Å². The number of carbonyl (C=O) groups is 3. The van der Waals surface area contributed by atoms with Crippen LogP contribution in [-0.4, -0.2) is 35.0 Å². The van der Waals surface area contributed by atoms with Gasteiger partial charge in [-0.15, -0.1) is 0 Å². The van der Waals surface area contributed by atoms with E-state index in [0.29, 0.717) is 24.1 Å². The summed E-state index contributed by atoms with van der Waals surface area (Å²) in [7, 11) is 0. The molecule has 0 radical (unpaired) electrons. The quantitative estimate of drug-likeness (QED) is 0.622. The van der Waals surface area contributed by atoms with E-state index in [1.807, 2.05) is 0 Å². The van der Waals surface area contributed by atoms with E-state index in [4.69, 9.17) is 10.8 Å². The monoisotopic (exact) mass is 291 g/mol. The van der Waals surface area contributed by atoms with E-state index in [9.17, 15) is 14.4 Å². The predicted molar refractivity (Wildman–Crippen MR) is 75.8 cm³/mol. The van der Waals surface area contributed by atoms with Gasteiger partial charge in [-0.2, -0.15) is 0 Å². The Morgan fingerprint density at radius 2 is 1.81 bits per heavy atom. The van der Waals surface area contributed by atoms with Gasteiger partial charge in [-0.25, -0.2) is 0 Å². The van der Waals surface area contributed by atoms with E-state index in [0.717, 1.165) is 6.42 Å². The van der Waals surface area contributed by atoms with Gasteiger partial charge in [-0.3, -0.25) is 14.4 Å². The molecule has 1 aliphatic rings. The summed E-state index contributed by atoms with van der Waals surface area (Å²) in [5, 5.41) is 13.4. The van der Waals surface area contributed by atoms with Crippen LogP contribution in [0.3, 0.4) is 0 Å². The van der Waals surface area contributed by atoms with Crippen molar-refractivity contribution in [3.05, 3.63) is 29.8 Å². The van der Waals surface area contributed by atoms with Crippen molar-refractivity contribution in [2.45, 2.75) is 24.8 Å². The minimum Gasteiger partial charge on any atom is -0.480 e. The molecule has 21 heavy (non-hydrogen) atoms. The van der Waals surface area contributed by atoms with Crippen molar-refractivity contribution in [1.82, 2.24) is 5.32 Å². The largest absolute Gasteiger partial charge is 0.480 e. The SMILES string of the molecule is NC1(C(=O)Nc2ccc(C(=O)NCC(=O)O)cc2)CCC1. The molecule has 7 heteroatoms. The second kappa shape index (κ2) is 5.92. The summed E-state index contributed by atoms with van der Waals surface area (Å²) in [5.74, 6) is -1.82. The molecule has 5 N–H and O–H groups in total. The summed E-state index contributed by atoms with van der Waals surface area (Å²) in [5.41, 5.74) is 6.00. The zero-order valence-electron chi connectivity index (χ0n) is 11.4. The molecule has 7 nitrogen and oxygen atoms in total. The molecule has 1 fully saturated rings. The van der Waals surface area contributed by atoms with Crippen LogP contribution < -0.4 is 16.4 Å². The number of anilines is 1. The summed E-state index contributed by atoms with van der Waals surface area (Å²) >= 11 is 0. The first kappa shape index (κ1) is 15.0. The molecule has 2 rings (SSSR count). The van der Waals surface area contributed by atoms with Crippen molar-refractivity contribution in [1.29, 1.82) is 0 Å². The van der Waals surface area contributed by atoms with E-state index in [2.05, 4.69) is 10.6 Å². The average molecular weight is 291 g/mol. The topological polar surface area (TPSA) is 122 Å². The second-order valence-electron chi connectivity index (χ2n) is 5.12. The first-order chi connectivity index (χ1) is 9.90. The van der Waals surface area contributed by atoms with Gasteiger partial charge in [0, 0.05) is 11.3 Å². The maximum atomic E-state index is 11.9. The van der Waals surface area contributed by atoms with Gasteiger partial charge in [0.2, 0.25) is 5.91 Å². The Balaban J connectivity index is 1.94. The first-order valence-corrected chi connectivity index (χ1v) is 6.61. The normalized spacial score (nSPS) is 15.7. The number of rotatable bonds is 5. The lowest BCUT2D eigenvalue weighted by Crippen LogP contribution is -2.56. The number of carbonyl (C=O) groups excluding carboxylic acids is 2. The maximum absolute atomic E-state index is 11.9. The smallest absolute Gasteiger partial charge is 0.322 e. The van der Waals surface area contributed by atoms with Crippen LogP contribution in [0.4, 0.5) is 5.69 Å². The summed E-state index contributed by atoms with van der Waals surface area (Å²) < 4.78 is 0. The Morgan fingerprint density at radius 3 is 2.29 bits per heavy atom. The van der Waals surface area contributed by atoms with Crippen molar-refractivity contribution in [2.24, 2.45) is 5.73 Å². The van der Waals surface area contributed by atoms with Crippen molar-refractivity contribution in [3.63, 3.8) is 0 Å². The summed E-state index contributed by atoms with van der Waals surface area (Å²) in [6.45, 7) is -0.437. The van der Waals surface area contributed by atoms with Gasteiger partial charge >= 0.3 is 5.97 Å². The third kappa shape index (κ3) is 3.57. The highest BCUT2D eigenvalue weighted by atomic mass is 16.4. The lowest BCUT2D eigenvalue weighted by atomic mass is 9.77. The molecule has 1 aromatic carbocycles. The van der Waals surface area contributed by atoms with E-state index >= 15 is 0 Å². The van der Waals surface area contributed by atoms with Gasteiger partial charge in [0.25, 0.3) is 5.91 Å². The number of hydrogen-bond donors (Lipinski definition) is 4. The van der Waals surface area contributed by atoms with Crippen LogP contribution in [0, 0.1) is 0 Å². The molecule has 0 heterocycles. The van der Waals surface area contributed by atoms with E-state index < -0.39 is 24.0 Å². The molecule has 1 aromatic rings. The Bertz CT molecular complexity index is 564. The average Bonchev–Trinajstić information content (AvgIpc) is 2.42. The van der Waals surface area contributed by atoms with Crippen LogP contribution in [0.5, 0.6) is 0 Å². The lowest BCUT2D eigenvalue weighted by molar-refractivity contribution is -0.135. The molecular weight excluding hydrogens is 274 g/mol. The number of benzene rings is 1. The zero-order valence-corrected chi connectivity index (χ0v) is 11.4. The predicted octanol–water partition coefficient (Wildman–Crippen LogP) is 0.321. The Morgan fingerprint density at radius 1 is 1.19 bits per heavy atom. The van der Waals surface area contributed by atoms with E-state index in [-0.39, 0.29) is 5.91 Å². The molecule has 2 amide bonds. The van der Waals surface area contributed by atoms with Gasteiger partial charge in [-0.05, 0) is 43.5 Å². The molecule has 0 aliphatic heterocycles. The van der Waals surface area contributed by atoms with Gasteiger partial charge in [0.15, 0.2) is 0 Å². The highest BCUT2D eigenvalue weighted by molar-refractivity contribution is 6.00. The number of nitrogens with two attached hydrogens (primary N) is 1. The number of hydrogen-bond acceptors (Lipinski definition) is 4. The number of carboxylic acids is 1. The van der Waals surface area contributed by atoms with Crippen LogP contribution in [0.25, 0.3) is 0 Å². The molecule has 0 unspecified atom stereocenters. The molecule has 0 spiro atoms. The van der Waals surface area contributed by atoms with Gasteiger partial charge < -0.3 is 21.5 Å². The fourth-order valence-electron chi connectivity index (χ4n) is 2.00. The third-order valence-electron chi connectivity index (χ3n) is 3.50. The fourth-order valence-corrected chi connectivity index (χ4v) is 2.00.